The molecule has 2 radical (unpaired) electrons. The van der Waals surface area contributed by atoms with Crippen molar-refractivity contribution in [1.82, 2.24) is 9.96 Å². The molecule has 9 heteroatoms. The van der Waals surface area contributed by atoms with Crippen LogP contribution in [-0.4, -0.2) is 63.3 Å². The molecule has 0 amide bonds. The summed E-state index contributed by atoms with van der Waals surface area (Å²) in [6, 6.07) is 0. The molecule has 0 aromatic heterocycles. The Morgan fingerprint density at radius 3 is 1.41 bits per heavy atom. The number of nitrogens with two attached hydrogens (primary N) is 1. The highest BCUT2D eigenvalue weighted by Crippen LogP contribution is 2.38. The number of carbonyl (C=O) groups is 2. The monoisotopic (exact) mass is 321 g/mol. The minimum Gasteiger partial charge on any atom is -0.480 e. The van der Waals surface area contributed by atoms with Crippen molar-refractivity contribution in [3.63, 3.8) is 0 Å². The van der Waals surface area contributed by atoms with Crippen molar-refractivity contribution in [2.45, 2.75) is 51.6 Å². The van der Waals surface area contributed by atoms with E-state index in [1.807, 2.05) is 27.7 Å². The third-order valence-corrected chi connectivity index (χ3v) is 3.26. The van der Waals surface area contributed by atoms with Crippen LogP contribution >= 0.6 is 0 Å². The van der Waals surface area contributed by atoms with E-state index in [0.29, 0.717) is 0 Å². The maximum Gasteiger partial charge on any atom is 0.317 e. The van der Waals surface area contributed by atoms with Crippen LogP contribution in [0.25, 0.3) is 0 Å². The average molecular weight is 321 g/mol. The SMILES string of the molecule is CC1(C)CCC(C)(C)N1[O].CN(CC(=O)O)CC(=O)O.N[O]. The fourth-order valence-electron chi connectivity index (χ4n) is 2.15. The number of likely N-dealkylation sites (N-methyl/N-ethyl adjacent to an activating group) is 1. The second-order valence-electron chi connectivity index (χ2n) is 6.38. The van der Waals surface area contributed by atoms with Gasteiger partial charge < -0.3 is 10.2 Å². The lowest BCUT2D eigenvalue weighted by atomic mass is 10.0. The van der Waals surface area contributed by atoms with E-state index in [2.05, 4.69) is 5.90 Å². The van der Waals surface area contributed by atoms with Crippen LogP contribution in [0.1, 0.15) is 40.5 Å². The standard InChI is InChI=1S/C8H16NO.C5H9NO4.H2NO/c1-7(2)5-6-8(3,4)9(7)10;1-6(2-4(7)8)3-5(9)10;1-2/h5-6H2,1-4H3;2-3H2,1H3,(H,7,8)(H,9,10);1H2. The lowest BCUT2D eigenvalue weighted by Crippen LogP contribution is -2.44. The van der Waals surface area contributed by atoms with Crippen molar-refractivity contribution in [3.8, 4) is 0 Å². The maximum atomic E-state index is 11.5. The van der Waals surface area contributed by atoms with Crippen LogP contribution in [-0.2, 0) is 20.0 Å². The summed E-state index contributed by atoms with van der Waals surface area (Å²) in [5.74, 6) is 1.20. The maximum absolute atomic E-state index is 11.5. The number of rotatable bonds is 4. The molecule has 0 atom stereocenters. The second-order valence-corrected chi connectivity index (χ2v) is 6.38. The number of carboxylic acid groups (broad SMARTS) is 2. The fourth-order valence-corrected chi connectivity index (χ4v) is 2.15. The molecule has 9 nitrogen and oxygen atoms in total. The third kappa shape index (κ3) is 8.90. The smallest absolute Gasteiger partial charge is 0.317 e. The van der Waals surface area contributed by atoms with Gasteiger partial charge in [0.25, 0.3) is 0 Å². The van der Waals surface area contributed by atoms with Gasteiger partial charge in [0.2, 0.25) is 0 Å². The van der Waals surface area contributed by atoms with E-state index in [0.717, 1.165) is 12.8 Å². The van der Waals surface area contributed by atoms with E-state index in [1.165, 1.54) is 17.0 Å². The second kappa shape index (κ2) is 9.70. The number of aliphatic carboxylic acids is 2. The zero-order valence-corrected chi connectivity index (χ0v) is 13.8. The van der Waals surface area contributed by atoms with Crippen molar-refractivity contribution < 1.29 is 30.2 Å². The first-order valence-corrected chi connectivity index (χ1v) is 6.71. The first kappa shape index (κ1) is 23.0. The Balaban J connectivity index is 0. The number of hydroxylamine groups is 2. The third-order valence-electron chi connectivity index (χ3n) is 3.26. The minimum absolute atomic E-state index is 0.135. The summed E-state index contributed by atoms with van der Waals surface area (Å²) in [5, 5.41) is 36.8. The van der Waals surface area contributed by atoms with E-state index in [9.17, 15) is 14.8 Å². The summed E-state index contributed by atoms with van der Waals surface area (Å²) < 4.78 is 0. The molecule has 1 rings (SSSR count). The lowest BCUT2D eigenvalue weighted by Gasteiger charge is -2.31. The molecule has 0 aromatic carbocycles. The number of nitrogens with zero attached hydrogens (tertiary/aromatic N) is 2. The number of hydrogen-bond donors (Lipinski definition) is 3. The molecule has 1 saturated heterocycles. The van der Waals surface area contributed by atoms with Crippen LogP contribution in [0.4, 0.5) is 0 Å². The van der Waals surface area contributed by atoms with Gasteiger partial charge >= 0.3 is 11.9 Å². The molecular weight excluding hydrogens is 294 g/mol. The molecule has 0 aromatic rings. The van der Waals surface area contributed by atoms with Crippen LogP contribution in [0.5, 0.6) is 0 Å². The Kier molecular flexibility index (Phi) is 10.1. The molecule has 1 fully saturated rings. The van der Waals surface area contributed by atoms with Crippen molar-refractivity contribution in [2.75, 3.05) is 20.1 Å². The summed E-state index contributed by atoms with van der Waals surface area (Å²) in [5.41, 5.74) is -0.271. The summed E-state index contributed by atoms with van der Waals surface area (Å²) in [6.45, 7) is 7.55. The van der Waals surface area contributed by atoms with Crippen molar-refractivity contribution in [3.05, 3.63) is 0 Å². The Labute approximate surface area is 130 Å². The van der Waals surface area contributed by atoms with Gasteiger partial charge in [-0.2, -0.15) is 5.90 Å². The highest BCUT2D eigenvalue weighted by molar-refractivity contribution is 5.72. The van der Waals surface area contributed by atoms with E-state index in [4.69, 9.17) is 15.4 Å². The molecule has 1 aliphatic rings. The van der Waals surface area contributed by atoms with Gasteiger partial charge in [-0.3, -0.25) is 14.5 Å². The predicted octanol–water partition coefficient (Wildman–Crippen LogP) is 0.363. The Bertz CT molecular complexity index is 328. The Morgan fingerprint density at radius 2 is 1.27 bits per heavy atom. The number of carboxylic acids is 2. The van der Waals surface area contributed by atoms with Crippen molar-refractivity contribution in [1.29, 1.82) is 0 Å². The molecule has 130 valence electrons. The van der Waals surface area contributed by atoms with E-state index in [1.54, 1.807) is 0 Å². The minimum atomic E-state index is -1.02. The molecule has 0 aliphatic carbocycles. The lowest BCUT2D eigenvalue weighted by molar-refractivity contribution is -0.244. The fraction of sp³-hybridized carbons (Fsp3) is 0.846. The van der Waals surface area contributed by atoms with Gasteiger partial charge in [0.15, 0.2) is 0 Å². The molecule has 1 heterocycles. The summed E-state index contributed by atoms with van der Waals surface area (Å²) >= 11 is 0. The normalized spacial score (nSPS) is 18.8. The number of hydrogen-bond acceptors (Lipinski definition) is 5. The highest BCUT2D eigenvalue weighted by atomic mass is 16.5. The molecule has 0 unspecified atom stereocenters. The summed E-state index contributed by atoms with van der Waals surface area (Å²) in [4.78, 5) is 21.1. The molecule has 0 spiro atoms. The first-order chi connectivity index (χ1) is 9.88. The molecule has 22 heavy (non-hydrogen) atoms. The van der Waals surface area contributed by atoms with Gasteiger partial charge in [-0.05, 0) is 47.6 Å². The Morgan fingerprint density at radius 1 is 1.00 bits per heavy atom. The molecule has 0 bridgehead atoms. The van der Waals surface area contributed by atoms with Crippen LogP contribution in [0.2, 0.25) is 0 Å². The predicted molar refractivity (Wildman–Crippen MR) is 77.6 cm³/mol. The highest BCUT2D eigenvalue weighted by Gasteiger charge is 2.45. The van der Waals surface area contributed by atoms with Gasteiger partial charge in [0.05, 0.1) is 13.1 Å². The average Bonchev–Trinajstić information content (AvgIpc) is 2.54. The van der Waals surface area contributed by atoms with Gasteiger partial charge in [0, 0.05) is 11.1 Å². The van der Waals surface area contributed by atoms with E-state index in [-0.39, 0.29) is 24.2 Å². The van der Waals surface area contributed by atoms with Crippen LogP contribution in [0.3, 0.4) is 0 Å². The van der Waals surface area contributed by atoms with Crippen LogP contribution in [0.15, 0.2) is 0 Å². The molecular formula is C13H27N3O6. The molecule has 1 aliphatic heterocycles. The Hall–Kier alpha value is -1.26. The molecule has 0 saturated carbocycles. The van der Waals surface area contributed by atoms with Crippen LogP contribution < -0.4 is 5.90 Å². The van der Waals surface area contributed by atoms with Gasteiger partial charge in [-0.15, -0.1) is 15.5 Å². The van der Waals surface area contributed by atoms with Crippen molar-refractivity contribution in [2.24, 2.45) is 5.90 Å². The largest absolute Gasteiger partial charge is 0.480 e. The van der Waals surface area contributed by atoms with Gasteiger partial charge in [0.1, 0.15) is 0 Å². The zero-order valence-electron chi connectivity index (χ0n) is 13.8. The topological polar surface area (TPSA) is 147 Å². The zero-order chi connectivity index (χ0) is 18.1. The van der Waals surface area contributed by atoms with Crippen LogP contribution in [0, 0.1) is 0 Å². The van der Waals surface area contributed by atoms with Crippen molar-refractivity contribution >= 4 is 11.9 Å². The summed E-state index contributed by atoms with van der Waals surface area (Å²) in [6.07, 6.45) is 2.03. The van der Waals surface area contributed by atoms with E-state index < -0.39 is 11.9 Å². The quantitative estimate of drug-likeness (QED) is 0.633. The summed E-state index contributed by atoms with van der Waals surface area (Å²) in [7, 11) is 1.43. The van der Waals surface area contributed by atoms with Gasteiger partial charge in [-0.25, -0.2) is 0 Å². The van der Waals surface area contributed by atoms with Gasteiger partial charge in [-0.1, -0.05) is 0 Å². The first-order valence-electron chi connectivity index (χ1n) is 6.71. The molecule has 4 N–H and O–H groups in total. The van der Waals surface area contributed by atoms with E-state index >= 15 is 0 Å².